The molecule has 0 aliphatic rings. The van der Waals surface area contributed by atoms with Crippen LogP contribution in [0.4, 0.5) is 0 Å². The Morgan fingerprint density at radius 1 is 0.636 bits per heavy atom. The lowest BCUT2D eigenvalue weighted by atomic mass is 9.79. The highest BCUT2D eigenvalue weighted by Gasteiger charge is 2.11. The van der Waals surface area contributed by atoms with Crippen LogP contribution in [0.2, 0.25) is 5.02 Å². The molecule has 3 aromatic carbocycles. The van der Waals surface area contributed by atoms with Gasteiger partial charge in [0.05, 0.1) is 0 Å². The molecule has 0 amide bonds. The Balaban J connectivity index is 2.03. The van der Waals surface area contributed by atoms with Crippen molar-refractivity contribution < 1.29 is 10.0 Å². The molecule has 0 radical (unpaired) electrons. The third-order valence-electron chi connectivity index (χ3n) is 3.54. The summed E-state index contributed by atoms with van der Waals surface area (Å²) in [6.45, 7) is 0. The fourth-order valence-electron chi connectivity index (χ4n) is 2.43. The highest BCUT2D eigenvalue weighted by Crippen LogP contribution is 2.27. The Labute approximate surface area is 134 Å². The van der Waals surface area contributed by atoms with Gasteiger partial charge in [-0.1, -0.05) is 66.2 Å². The van der Waals surface area contributed by atoms with E-state index in [4.69, 9.17) is 11.6 Å². The van der Waals surface area contributed by atoms with E-state index in [1.807, 2.05) is 54.6 Å². The molecular weight excluding hydrogens is 294 g/mol. The van der Waals surface area contributed by atoms with Crippen molar-refractivity contribution in [1.82, 2.24) is 0 Å². The molecule has 0 aliphatic heterocycles. The molecule has 0 saturated heterocycles. The highest BCUT2D eigenvalue weighted by atomic mass is 35.5. The van der Waals surface area contributed by atoms with Crippen LogP contribution in [0.3, 0.4) is 0 Å². The Hall–Kier alpha value is -2.07. The van der Waals surface area contributed by atoms with Crippen molar-refractivity contribution in [3.05, 3.63) is 77.8 Å². The molecule has 3 aromatic rings. The Morgan fingerprint density at radius 2 is 1.14 bits per heavy atom. The van der Waals surface area contributed by atoms with Gasteiger partial charge in [0, 0.05) is 5.02 Å². The van der Waals surface area contributed by atoms with Gasteiger partial charge in [-0.2, -0.15) is 0 Å². The van der Waals surface area contributed by atoms with E-state index in [0.29, 0.717) is 10.5 Å². The molecule has 0 bridgehead atoms. The van der Waals surface area contributed by atoms with E-state index in [-0.39, 0.29) is 0 Å². The maximum absolute atomic E-state index is 9.30. The number of rotatable bonds is 3. The third kappa shape index (κ3) is 3.23. The summed E-state index contributed by atoms with van der Waals surface area (Å²) >= 11 is 6.05. The number of hydrogen-bond acceptors (Lipinski definition) is 2. The zero-order valence-corrected chi connectivity index (χ0v) is 12.5. The molecule has 4 heteroatoms. The molecule has 0 unspecified atom stereocenters. The van der Waals surface area contributed by atoms with Crippen LogP contribution < -0.4 is 5.46 Å². The SMILES string of the molecule is OB(O)c1cccc(-c2cccc(-c3cccc(Cl)c3)c2)c1. The van der Waals surface area contributed by atoms with Crippen LogP contribution in [0, 0.1) is 0 Å². The minimum absolute atomic E-state index is 0.477. The molecule has 0 aliphatic carbocycles. The molecule has 3 rings (SSSR count). The summed E-state index contributed by atoms with van der Waals surface area (Å²) in [5, 5.41) is 19.3. The van der Waals surface area contributed by atoms with Gasteiger partial charge in [-0.05, 0) is 45.9 Å². The van der Waals surface area contributed by atoms with E-state index in [1.54, 1.807) is 12.1 Å². The van der Waals surface area contributed by atoms with Gasteiger partial charge in [0.2, 0.25) is 0 Å². The molecule has 0 saturated carbocycles. The van der Waals surface area contributed by atoms with Crippen LogP contribution in [-0.4, -0.2) is 17.2 Å². The topological polar surface area (TPSA) is 40.5 Å². The summed E-state index contributed by atoms with van der Waals surface area (Å²) in [5.74, 6) is 0. The standard InChI is InChI=1S/C18H14BClO2/c20-18-9-3-7-16(12-18)14-5-1-4-13(10-14)15-6-2-8-17(11-15)19(21)22/h1-12,21-22H. The number of halogens is 1. The molecule has 2 nitrogen and oxygen atoms in total. The van der Waals surface area contributed by atoms with E-state index in [0.717, 1.165) is 22.3 Å². The van der Waals surface area contributed by atoms with Crippen LogP contribution >= 0.6 is 11.6 Å². The Morgan fingerprint density at radius 3 is 1.73 bits per heavy atom. The van der Waals surface area contributed by atoms with Crippen molar-refractivity contribution in [1.29, 1.82) is 0 Å². The van der Waals surface area contributed by atoms with E-state index in [9.17, 15) is 10.0 Å². The predicted molar refractivity (Wildman–Crippen MR) is 92.1 cm³/mol. The summed E-state index contributed by atoms with van der Waals surface area (Å²) in [6.07, 6.45) is 0. The van der Waals surface area contributed by atoms with Crippen molar-refractivity contribution in [2.75, 3.05) is 0 Å². The zero-order valence-electron chi connectivity index (χ0n) is 11.8. The molecule has 0 atom stereocenters. The third-order valence-corrected chi connectivity index (χ3v) is 3.77. The Bertz CT molecular complexity index is 802. The van der Waals surface area contributed by atoms with Crippen LogP contribution in [0.1, 0.15) is 0 Å². The van der Waals surface area contributed by atoms with Gasteiger partial charge in [-0.25, -0.2) is 0 Å². The smallest absolute Gasteiger partial charge is 0.423 e. The minimum Gasteiger partial charge on any atom is -0.423 e. The highest BCUT2D eigenvalue weighted by molar-refractivity contribution is 6.58. The quantitative estimate of drug-likeness (QED) is 0.729. The molecule has 0 aromatic heterocycles. The van der Waals surface area contributed by atoms with Gasteiger partial charge in [-0.15, -0.1) is 0 Å². The molecule has 0 fully saturated rings. The summed E-state index contributed by atoms with van der Waals surface area (Å²) in [5.41, 5.74) is 4.54. The first-order chi connectivity index (χ1) is 10.6. The lowest BCUT2D eigenvalue weighted by Gasteiger charge is -2.08. The first-order valence-corrected chi connectivity index (χ1v) is 7.34. The molecule has 2 N–H and O–H groups in total. The number of hydrogen-bond donors (Lipinski definition) is 2. The van der Waals surface area contributed by atoms with Gasteiger partial charge < -0.3 is 10.0 Å². The first kappa shape index (κ1) is 14.9. The van der Waals surface area contributed by atoms with Crippen LogP contribution in [0.15, 0.2) is 72.8 Å². The molecule has 108 valence electrons. The lowest BCUT2D eigenvalue weighted by Crippen LogP contribution is -2.29. The van der Waals surface area contributed by atoms with E-state index in [2.05, 4.69) is 6.07 Å². The average Bonchev–Trinajstić information content (AvgIpc) is 2.55. The van der Waals surface area contributed by atoms with Crippen molar-refractivity contribution in [3.63, 3.8) is 0 Å². The fourth-order valence-corrected chi connectivity index (χ4v) is 2.62. The van der Waals surface area contributed by atoms with E-state index < -0.39 is 7.12 Å². The van der Waals surface area contributed by atoms with E-state index in [1.165, 1.54) is 0 Å². The van der Waals surface area contributed by atoms with Crippen LogP contribution in [0.25, 0.3) is 22.3 Å². The maximum Gasteiger partial charge on any atom is 0.488 e. The monoisotopic (exact) mass is 308 g/mol. The van der Waals surface area contributed by atoms with Gasteiger partial charge in [-0.3, -0.25) is 0 Å². The second kappa shape index (κ2) is 6.36. The normalized spacial score (nSPS) is 10.5. The summed E-state index contributed by atoms with van der Waals surface area (Å²) < 4.78 is 0. The summed E-state index contributed by atoms with van der Waals surface area (Å²) in [7, 11) is -1.46. The average molecular weight is 309 g/mol. The first-order valence-electron chi connectivity index (χ1n) is 6.96. The number of benzene rings is 3. The van der Waals surface area contributed by atoms with Gasteiger partial charge in [0.25, 0.3) is 0 Å². The molecular formula is C18H14BClO2. The second-order valence-corrected chi connectivity index (χ2v) is 5.53. The molecule has 22 heavy (non-hydrogen) atoms. The largest absolute Gasteiger partial charge is 0.488 e. The van der Waals surface area contributed by atoms with Crippen molar-refractivity contribution in [3.8, 4) is 22.3 Å². The van der Waals surface area contributed by atoms with Crippen LogP contribution in [0.5, 0.6) is 0 Å². The fraction of sp³-hybridized carbons (Fsp3) is 0. The van der Waals surface area contributed by atoms with Crippen molar-refractivity contribution >= 4 is 24.2 Å². The van der Waals surface area contributed by atoms with E-state index >= 15 is 0 Å². The van der Waals surface area contributed by atoms with Gasteiger partial charge in [0.15, 0.2) is 0 Å². The minimum atomic E-state index is -1.46. The Kier molecular flexibility index (Phi) is 4.30. The molecule has 0 heterocycles. The maximum atomic E-state index is 9.30. The second-order valence-electron chi connectivity index (χ2n) is 5.09. The van der Waals surface area contributed by atoms with Crippen molar-refractivity contribution in [2.24, 2.45) is 0 Å². The summed E-state index contributed by atoms with van der Waals surface area (Å²) in [4.78, 5) is 0. The lowest BCUT2D eigenvalue weighted by molar-refractivity contribution is 0.426. The zero-order chi connectivity index (χ0) is 15.5. The van der Waals surface area contributed by atoms with Crippen molar-refractivity contribution in [2.45, 2.75) is 0 Å². The molecule has 0 spiro atoms. The van der Waals surface area contributed by atoms with Crippen LogP contribution in [-0.2, 0) is 0 Å². The summed E-state index contributed by atoms with van der Waals surface area (Å²) in [6, 6.07) is 23.0. The van der Waals surface area contributed by atoms with Gasteiger partial charge >= 0.3 is 7.12 Å². The predicted octanol–water partition coefficient (Wildman–Crippen LogP) is 3.35. The van der Waals surface area contributed by atoms with Gasteiger partial charge in [0.1, 0.15) is 0 Å².